The van der Waals surface area contributed by atoms with Crippen LogP contribution in [-0.4, -0.2) is 38.8 Å². The van der Waals surface area contributed by atoms with Crippen molar-refractivity contribution < 1.29 is 40.3 Å². The molecule has 0 bridgehead atoms. The van der Waals surface area contributed by atoms with E-state index in [-0.39, 0.29) is 32.9 Å². The monoisotopic (exact) mass is 587 g/mol. The number of halogens is 7. The SMILES string of the molecule is Cc1cc2ncc(C(=O)Nc3cc(C(=O)Nc4c(C)cc(C(F)(C(F)(F)F)C(F)(F)F)cc4C)cs3)c(C)n2n1. The normalized spacial score (nSPS) is 12.6. The smallest absolute Gasteiger partial charge is 0.321 e. The molecule has 0 aliphatic heterocycles. The number of anilines is 2. The summed E-state index contributed by atoms with van der Waals surface area (Å²) in [4.78, 5) is 29.8. The average Bonchev–Trinajstić information content (AvgIpc) is 3.45. The Morgan fingerprint density at radius 3 is 2.02 bits per heavy atom. The zero-order chi connectivity index (χ0) is 29.8. The van der Waals surface area contributed by atoms with E-state index < -0.39 is 35.4 Å². The van der Waals surface area contributed by atoms with Gasteiger partial charge < -0.3 is 10.6 Å². The molecule has 0 atom stereocenters. The summed E-state index contributed by atoms with van der Waals surface area (Å²) in [5, 5.41) is 11.0. The van der Waals surface area contributed by atoms with Crippen molar-refractivity contribution in [1.29, 1.82) is 0 Å². The highest BCUT2D eigenvalue weighted by atomic mass is 32.1. The zero-order valence-corrected chi connectivity index (χ0v) is 22.0. The minimum absolute atomic E-state index is 0.0570. The van der Waals surface area contributed by atoms with Gasteiger partial charge in [0.05, 0.1) is 27.5 Å². The number of alkyl halides is 7. The van der Waals surface area contributed by atoms with Crippen molar-refractivity contribution >= 4 is 39.5 Å². The minimum atomic E-state index is -6.26. The van der Waals surface area contributed by atoms with Gasteiger partial charge in [0, 0.05) is 28.9 Å². The van der Waals surface area contributed by atoms with E-state index in [0.717, 1.165) is 25.2 Å². The maximum absolute atomic E-state index is 14.5. The molecule has 4 rings (SSSR count). The van der Waals surface area contributed by atoms with Crippen molar-refractivity contribution in [2.24, 2.45) is 0 Å². The summed E-state index contributed by atoms with van der Waals surface area (Å²) in [6.45, 7) is 5.76. The van der Waals surface area contributed by atoms with E-state index in [1.807, 2.05) is 0 Å². The van der Waals surface area contributed by atoms with Crippen molar-refractivity contribution in [3.8, 4) is 0 Å². The van der Waals surface area contributed by atoms with Crippen molar-refractivity contribution in [2.75, 3.05) is 10.6 Å². The maximum Gasteiger partial charge on any atom is 0.435 e. The lowest BCUT2D eigenvalue weighted by molar-refractivity contribution is -0.348. The van der Waals surface area contributed by atoms with E-state index in [9.17, 15) is 40.3 Å². The number of hydrogen-bond acceptors (Lipinski definition) is 5. The molecule has 0 spiro atoms. The standard InChI is InChI=1S/C25H20F7N5O2S/c1-11-5-16(23(26,24(27,28)29)25(30,31)32)6-12(2)20(11)35-21(38)15-8-19(40-10-15)34-22(39)17-9-33-18-7-13(3)36-37(18)14(17)4/h5-10H,1-4H3,(H,34,39)(H,35,38). The number of rotatable bonds is 5. The third-order valence-electron chi connectivity index (χ3n) is 6.14. The first-order chi connectivity index (χ1) is 18.4. The Morgan fingerprint density at radius 1 is 0.850 bits per heavy atom. The molecular formula is C25H20F7N5O2S. The lowest BCUT2D eigenvalue weighted by atomic mass is 9.90. The number of nitrogens with one attached hydrogen (secondary N) is 2. The number of amides is 2. The van der Waals surface area contributed by atoms with Gasteiger partial charge in [-0.25, -0.2) is 13.9 Å². The van der Waals surface area contributed by atoms with Crippen LogP contribution < -0.4 is 10.6 Å². The quantitative estimate of drug-likeness (QED) is 0.251. The van der Waals surface area contributed by atoms with Gasteiger partial charge in [-0.2, -0.15) is 31.4 Å². The molecule has 4 aromatic rings. The summed E-state index contributed by atoms with van der Waals surface area (Å²) in [7, 11) is 0. The van der Waals surface area contributed by atoms with E-state index in [0.29, 0.717) is 29.2 Å². The summed E-state index contributed by atoms with van der Waals surface area (Å²) in [5.74, 6) is -1.26. The molecule has 0 saturated carbocycles. The van der Waals surface area contributed by atoms with Crippen LogP contribution in [0.5, 0.6) is 0 Å². The fourth-order valence-corrected chi connectivity index (χ4v) is 4.89. The van der Waals surface area contributed by atoms with E-state index in [2.05, 4.69) is 20.7 Å². The fourth-order valence-electron chi connectivity index (χ4n) is 4.12. The summed E-state index contributed by atoms with van der Waals surface area (Å²) < 4.78 is 95.1. The Bertz CT molecular complexity index is 1600. The van der Waals surface area contributed by atoms with Crippen LogP contribution in [0.2, 0.25) is 0 Å². The predicted molar refractivity (Wildman–Crippen MR) is 133 cm³/mol. The van der Waals surface area contributed by atoms with E-state index >= 15 is 0 Å². The number of nitrogens with zero attached hydrogens (tertiary/aromatic N) is 3. The van der Waals surface area contributed by atoms with Crippen LogP contribution in [0.1, 0.15) is 48.8 Å². The molecule has 0 unspecified atom stereocenters. The van der Waals surface area contributed by atoms with Gasteiger partial charge in [0.15, 0.2) is 5.65 Å². The highest BCUT2D eigenvalue weighted by Crippen LogP contribution is 2.53. The van der Waals surface area contributed by atoms with Gasteiger partial charge in [-0.1, -0.05) is 12.1 Å². The Balaban J connectivity index is 1.54. The van der Waals surface area contributed by atoms with Crippen LogP contribution in [0.4, 0.5) is 41.4 Å². The van der Waals surface area contributed by atoms with Gasteiger partial charge in [0.2, 0.25) is 0 Å². The minimum Gasteiger partial charge on any atom is -0.321 e. The molecule has 3 aromatic heterocycles. The zero-order valence-electron chi connectivity index (χ0n) is 21.2. The number of benzene rings is 1. The summed E-state index contributed by atoms with van der Waals surface area (Å²) >= 11 is 1.01. The number of aromatic nitrogens is 3. The molecule has 1 aromatic carbocycles. The summed E-state index contributed by atoms with van der Waals surface area (Å²) in [5.41, 5.74) is -5.63. The molecule has 0 saturated heterocycles. The van der Waals surface area contributed by atoms with Crippen LogP contribution in [0.25, 0.3) is 5.65 Å². The molecule has 2 amide bonds. The molecule has 7 nitrogen and oxygen atoms in total. The highest BCUT2D eigenvalue weighted by Gasteiger charge is 2.73. The first-order valence-electron chi connectivity index (χ1n) is 11.4. The predicted octanol–water partition coefficient (Wildman–Crippen LogP) is 6.82. The number of carbonyl (C=O) groups is 2. The largest absolute Gasteiger partial charge is 0.435 e. The molecule has 212 valence electrons. The fraction of sp³-hybridized carbons (Fsp3) is 0.280. The maximum atomic E-state index is 14.5. The second-order valence-corrected chi connectivity index (χ2v) is 9.97. The third kappa shape index (κ3) is 5.00. The average molecular weight is 588 g/mol. The lowest BCUT2D eigenvalue weighted by Gasteiger charge is -2.31. The van der Waals surface area contributed by atoms with Crippen LogP contribution >= 0.6 is 11.3 Å². The molecule has 3 heterocycles. The van der Waals surface area contributed by atoms with Crippen molar-refractivity contribution in [1.82, 2.24) is 14.6 Å². The first kappa shape index (κ1) is 29.0. The Labute approximate surface area is 226 Å². The van der Waals surface area contributed by atoms with Crippen LogP contribution in [0.3, 0.4) is 0 Å². The number of aryl methyl sites for hydroxylation is 4. The van der Waals surface area contributed by atoms with Gasteiger partial charge in [-0.3, -0.25) is 9.59 Å². The molecule has 2 N–H and O–H groups in total. The first-order valence-corrected chi connectivity index (χ1v) is 12.3. The van der Waals surface area contributed by atoms with Gasteiger partial charge in [-0.15, -0.1) is 11.3 Å². The molecule has 15 heteroatoms. The molecule has 0 radical (unpaired) electrons. The molecule has 0 aliphatic rings. The number of hydrogen-bond donors (Lipinski definition) is 2. The molecule has 0 fully saturated rings. The topological polar surface area (TPSA) is 88.4 Å². The highest BCUT2D eigenvalue weighted by molar-refractivity contribution is 7.14. The number of carbonyl (C=O) groups excluding carboxylic acids is 2. The number of thiophene rings is 1. The molecule has 0 aliphatic carbocycles. The van der Waals surface area contributed by atoms with E-state index in [1.165, 1.54) is 22.2 Å². The van der Waals surface area contributed by atoms with Crippen LogP contribution in [-0.2, 0) is 5.67 Å². The van der Waals surface area contributed by atoms with Crippen molar-refractivity contribution in [2.45, 2.75) is 45.7 Å². The lowest BCUT2D eigenvalue weighted by Crippen LogP contribution is -2.50. The Morgan fingerprint density at radius 2 is 1.45 bits per heavy atom. The van der Waals surface area contributed by atoms with Gasteiger partial charge in [0.1, 0.15) is 0 Å². The number of fused-ring (bicyclic) bond motifs is 1. The van der Waals surface area contributed by atoms with E-state index in [1.54, 1.807) is 19.9 Å². The summed E-state index contributed by atoms with van der Waals surface area (Å²) in [6.07, 6.45) is -11.1. The van der Waals surface area contributed by atoms with Crippen LogP contribution in [0, 0.1) is 27.7 Å². The van der Waals surface area contributed by atoms with Gasteiger partial charge >= 0.3 is 18.0 Å². The molecule has 40 heavy (non-hydrogen) atoms. The van der Waals surface area contributed by atoms with Gasteiger partial charge in [0.25, 0.3) is 11.8 Å². The Hall–Kier alpha value is -4.01. The second kappa shape index (κ2) is 9.87. The molecular weight excluding hydrogens is 567 g/mol. The van der Waals surface area contributed by atoms with Gasteiger partial charge in [-0.05, 0) is 44.9 Å². The van der Waals surface area contributed by atoms with Crippen molar-refractivity contribution in [3.05, 3.63) is 75.0 Å². The second-order valence-electron chi connectivity index (χ2n) is 9.06. The Kier molecular flexibility index (Phi) is 7.15. The van der Waals surface area contributed by atoms with E-state index in [4.69, 9.17) is 0 Å². The summed E-state index contributed by atoms with van der Waals surface area (Å²) in [6, 6.07) is 3.89. The van der Waals surface area contributed by atoms with Crippen LogP contribution in [0.15, 0.2) is 35.8 Å². The van der Waals surface area contributed by atoms with Crippen molar-refractivity contribution in [3.63, 3.8) is 0 Å². The third-order valence-corrected chi connectivity index (χ3v) is 6.99.